The standard InChI is InChI=1S/C14H32O3Si/c1-8-12(15)11(2)13(16)9-10-17-18(6,7)14(3,4)5/h11-13,15-16H,8-10H2,1-7H3/t11-,12+,13-/m0/s1. The normalized spacial score (nSPS) is 18.5. The molecule has 0 saturated carbocycles. The Kier molecular flexibility index (Phi) is 7.07. The SMILES string of the molecule is CC[C@@H](O)[C@H](C)[C@@H](O)CCO[Si](C)(C)C(C)(C)C. The van der Waals surface area contributed by atoms with Crippen molar-refractivity contribution in [3.8, 4) is 0 Å². The number of hydrogen-bond acceptors (Lipinski definition) is 3. The molecule has 0 aliphatic carbocycles. The van der Waals surface area contributed by atoms with Crippen molar-refractivity contribution in [2.45, 2.75) is 77.8 Å². The Bertz CT molecular complexity index is 236. The molecule has 0 spiro atoms. The summed E-state index contributed by atoms with van der Waals surface area (Å²) < 4.78 is 6.03. The summed E-state index contributed by atoms with van der Waals surface area (Å²) in [5, 5.41) is 19.9. The molecule has 0 rings (SSSR count). The summed E-state index contributed by atoms with van der Waals surface area (Å²) in [6, 6.07) is 0. The fourth-order valence-electron chi connectivity index (χ4n) is 1.54. The quantitative estimate of drug-likeness (QED) is 0.702. The third-order valence-electron chi connectivity index (χ3n) is 4.31. The monoisotopic (exact) mass is 276 g/mol. The first-order chi connectivity index (χ1) is 8.03. The van der Waals surface area contributed by atoms with Crippen LogP contribution in [-0.4, -0.2) is 37.3 Å². The van der Waals surface area contributed by atoms with Crippen LogP contribution in [0.25, 0.3) is 0 Å². The maximum atomic E-state index is 9.99. The van der Waals surface area contributed by atoms with Crippen molar-refractivity contribution >= 4 is 8.32 Å². The summed E-state index contributed by atoms with van der Waals surface area (Å²) in [6.45, 7) is 15.5. The minimum atomic E-state index is -1.72. The van der Waals surface area contributed by atoms with Crippen molar-refractivity contribution < 1.29 is 14.6 Å². The van der Waals surface area contributed by atoms with Crippen LogP contribution in [0.1, 0.15) is 47.5 Å². The lowest BCUT2D eigenvalue weighted by molar-refractivity contribution is 0.00930. The third kappa shape index (κ3) is 5.39. The van der Waals surface area contributed by atoms with Gasteiger partial charge in [0, 0.05) is 12.5 Å². The maximum Gasteiger partial charge on any atom is 0.191 e. The second-order valence-corrected chi connectivity index (χ2v) is 11.6. The fraction of sp³-hybridized carbons (Fsp3) is 1.00. The van der Waals surface area contributed by atoms with Gasteiger partial charge in [-0.2, -0.15) is 0 Å². The summed E-state index contributed by atoms with van der Waals surface area (Å²) >= 11 is 0. The lowest BCUT2D eigenvalue weighted by Crippen LogP contribution is -2.41. The minimum absolute atomic E-state index is 0.0852. The van der Waals surface area contributed by atoms with Crippen molar-refractivity contribution in [2.75, 3.05) is 6.61 Å². The van der Waals surface area contributed by atoms with E-state index in [1.807, 2.05) is 13.8 Å². The first kappa shape index (κ1) is 18.1. The first-order valence-electron chi connectivity index (χ1n) is 7.03. The van der Waals surface area contributed by atoms with E-state index >= 15 is 0 Å². The molecule has 0 aliphatic rings. The molecular formula is C14H32O3Si. The van der Waals surface area contributed by atoms with E-state index in [0.29, 0.717) is 19.4 Å². The molecule has 18 heavy (non-hydrogen) atoms. The molecule has 2 N–H and O–H groups in total. The molecule has 0 aliphatic heterocycles. The number of aliphatic hydroxyl groups is 2. The highest BCUT2D eigenvalue weighted by Crippen LogP contribution is 2.36. The van der Waals surface area contributed by atoms with Crippen molar-refractivity contribution in [3.63, 3.8) is 0 Å². The van der Waals surface area contributed by atoms with Gasteiger partial charge in [-0.1, -0.05) is 34.6 Å². The maximum absolute atomic E-state index is 9.99. The van der Waals surface area contributed by atoms with E-state index in [1.54, 1.807) is 0 Å². The topological polar surface area (TPSA) is 49.7 Å². The van der Waals surface area contributed by atoms with Crippen LogP contribution < -0.4 is 0 Å². The van der Waals surface area contributed by atoms with Crippen LogP contribution in [0.3, 0.4) is 0 Å². The lowest BCUT2D eigenvalue weighted by atomic mass is 9.94. The van der Waals surface area contributed by atoms with Gasteiger partial charge in [-0.15, -0.1) is 0 Å². The van der Waals surface area contributed by atoms with Crippen LogP contribution in [0, 0.1) is 5.92 Å². The first-order valence-corrected chi connectivity index (χ1v) is 9.94. The molecule has 0 radical (unpaired) electrons. The number of rotatable bonds is 7. The summed E-state index contributed by atoms with van der Waals surface area (Å²) in [5.74, 6) is -0.0852. The Labute approximate surface area is 114 Å². The Morgan fingerprint density at radius 2 is 1.61 bits per heavy atom. The Balaban J connectivity index is 4.13. The van der Waals surface area contributed by atoms with E-state index in [1.165, 1.54) is 0 Å². The van der Waals surface area contributed by atoms with Gasteiger partial charge in [0.05, 0.1) is 12.2 Å². The number of aliphatic hydroxyl groups excluding tert-OH is 2. The largest absolute Gasteiger partial charge is 0.417 e. The van der Waals surface area contributed by atoms with Gasteiger partial charge in [-0.25, -0.2) is 0 Å². The van der Waals surface area contributed by atoms with E-state index in [-0.39, 0.29) is 11.0 Å². The van der Waals surface area contributed by atoms with Crippen molar-refractivity contribution in [1.29, 1.82) is 0 Å². The zero-order chi connectivity index (χ0) is 14.6. The van der Waals surface area contributed by atoms with Gasteiger partial charge < -0.3 is 14.6 Å². The zero-order valence-electron chi connectivity index (χ0n) is 13.2. The summed E-state index contributed by atoms with van der Waals surface area (Å²) in [5.41, 5.74) is 0. The highest BCUT2D eigenvalue weighted by molar-refractivity contribution is 6.74. The van der Waals surface area contributed by atoms with Crippen molar-refractivity contribution in [3.05, 3.63) is 0 Å². The Hall–Kier alpha value is 0.0969. The van der Waals surface area contributed by atoms with E-state index in [9.17, 15) is 10.2 Å². The van der Waals surface area contributed by atoms with Crippen LogP contribution in [0.15, 0.2) is 0 Å². The van der Waals surface area contributed by atoms with Crippen LogP contribution >= 0.6 is 0 Å². The molecule has 0 saturated heterocycles. The molecule has 0 aromatic heterocycles. The minimum Gasteiger partial charge on any atom is -0.417 e. The highest BCUT2D eigenvalue weighted by Gasteiger charge is 2.37. The summed E-state index contributed by atoms with van der Waals surface area (Å²) in [6.07, 6.45) is 0.379. The molecule has 0 unspecified atom stereocenters. The van der Waals surface area contributed by atoms with Gasteiger partial charge in [0.1, 0.15) is 0 Å². The van der Waals surface area contributed by atoms with Crippen molar-refractivity contribution in [1.82, 2.24) is 0 Å². The molecular weight excluding hydrogens is 244 g/mol. The van der Waals surface area contributed by atoms with Gasteiger partial charge in [0.15, 0.2) is 8.32 Å². The molecule has 3 atom stereocenters. The third-order valence-corrected chi connectivity index (χ3v) is 8.85. The molecule has 4 heteroatoms. The van der Waals surface area contributed by atoms with E-state index in [4.69, 9.17) is 4.43 Å². The number of hydrogen-bond donors (Lipinski definition) is 2. The molecule has 3 nitrogen and oxygen atoms in total. The Morgan fingerprint density at radius 1 is 1.11 bits per heavy atom. The summed E-state index contributed by atoms with van der Waals surface area (Å²) in [4.78, 5) is 0. The molecule has 0 heterocycles. The molecule has 0 aromatic rings. The molecule has 0 aromatic carbocycles. The van der Waals surface area contributed by atoms with E-state index in [2.05, 4.69) is 33.9 Å². The van der Waals surface area contributed by atoms with Gasteiger partial charge in [-0.05, 0) is 31.0 Å². The molecule has 0 fully saturated rings. The zero-order valence-corrected chi connectivity index (χ0v) is 14.2. The molecule has 0 bridgehead atoms. The predicted octanol–water partition coefficient (Wildman–Crippen LogP) is 3.17. The van der Waals surface area contributed by atoms with Gasteiger partial charge >= 0.3 is 0 Å². The predicted molar refractivity (Wildman–Crippen MR) is 79.2 cm³/mol. The molecule has 0 amide bonds. The second kappa shape index (κ2) is 7.03. The second-order valence-electron chi connectivity index (χ2n) is 6.80. The van der Waals surface area contributed by atoms with Crippen LogP contribution in [-0.2, 0) is 4.43 Å². The Morgan fingerprint density at radius 3 is 2.00 bits per heavy atom. The van der Waals surface area contributed by atoms with Gasteiger partial charge in [-0.3, -0.25) is 0 Å². The molecule has 110 valence electrons. The fourth-order valence-corrected chi connectivity index (χ4v) is 2.60. The van der Waals surface area contributed by atoms with E-state index in [0.717, 1.165) is 0 Å². The average molecular weight is 276 g/mol. The highest BCUT2D eigenvalue weighted by atomic mass is 28.4. The smallest absolute Gasteiger partial charge is 0.191 e. The summed E-state index contributed by atoms with van der Waals surface area (Å²) in [7, 11) is -1.72. The van der Waals surface area contributed by atoms with Gasteiger partial charge in [0.25, 0.3) is 0 Å². The lowest BCUT2D eigenvalue weighted by Gasteiger charge is -2.36. The van der Waals surface area contributed by atoms with Gasteiger partial charge in [0.2, 0.25) is 0 Å². The van der Waals surface area contributed by atoms with Crippen LogP contribution in [0.5, 0.6) is 0 Å². The van der Waals surface area contributed by atoms with E-state index < -0.39 is 20.5 Å². The van der Waals surface area contributed by atoms with Crippen molar-refractivity contribution in [2.24, 2.45) is 5.92 Å². The van der Waals surface area contributed by atoms with Crippen LogP contribution in [0.2, 0.25) is 18.1 Å². The average Bonchev–Trinajstić information content (AvgIpc) is 2.24. The van der Waals surface area contributed by atoms with Crippen LogP contribution in [0.4, 0.5) is 0 Å².